The number of aromatic amines is 1. The summed E-state index contributed by atoms with van der Waals surface area (Å²) in [5, 5.41) is 2.81. The number of imidazole rings is 1. The second-order valence-electron chi connectivity index (χ2n) is 4.10. The van der Waals surface area contributed by atoms with Crippen molar-refractivity contribution in [1.82, 2.24) is 19.9 Å². The van der Waals surface area contributed by atoms with E-state index in [0.717, 1.165) is 6.07 Å². The Morgan fingerprint density at radius 2 is 2.14 bits per heavy atom. The van der Waals surface area contributed by atoms with E-state index in [2.05, 4.69) is 25.3 Å². The topological polar surface area (TPSA) is 79.6 Å². The normalized spacial score (nSPS) is 12.0. The van der Waals surface area contributed by atoms with Crippen molar-refractivity contribution in [3.8, 4) is 0 Å². The molecule has 3 aromatic rings. The van der Waals surface area contributed by atoms with Crippen LogP contribution in [0.15, 0.2) is 23.1 Å². The lowest BCUT2D eigenvalue weighted by molar-refractivity contribution is -0.137. The zero-order chi connectivity index (χ0) is 15.0. The van der Waals surface area contributed by atoms with Crippen LogP contribution in [0.5, 0.6) is 0 Å². The van der Waals surface area contributed by atoms with Crippen LogP contribution in [0.2, 0.25) is 5.28 Å². The van der Waals surface area contributed by atoms with Gasteiger partial charge in [-0.25, -0.2) is 4.98 Å². The molecule has 3 heterocycles. The van der Waals surface area contributed by atoms with Gasteiger partial charge < -0.3 is 14.7 Å². The number of alkyl halides is 3. The molecule has 0 saturated heterocycles. The minimum Gasteiger partial charge on any atom is -0.467 e. The number of nitrogens with one attached hydrogen (secondary N) is 2. The summed E-state index contributed by atoms with van der Waals surface area (Å²) in [6.45, 7) is 0.0115. The molecule has 0 bridgehead atoms. The van der Waals surface area contributed by atoms with E-state index in [0.29, 0.717) is 23.2 Å². The number of hydrogen-bond donors (Lipinski definition) is 2. The molecule has 110 valence electrons. The van der Waals surface area contributed by atoms with Crippen molar-refractivity contribution in [3.05, 3.63) is 35.3 Å². The Labute approximate surface area is 120 Å². The van der Waals surface area contributed by atoms with Crippen molar-refractivity contribution in [2.45, 2.75) is 12.7 Å². The largest absolute Gasteiger partial charge is 0.467 e. The minimum absolute atomic E-state index is 0.0115. The van der Waals surface area contributed by atoms with Gasteiger partial charge in [0.25, 0.3) is 0 Å². The van der Waals surface area contributed by atoms with Crippen LogP contribution in [0.4, 0.5) is 19.0 Å². The van der Waals surface area contributed by atoms with Crippen LogP contribution >= 0.6 is 11.6 Å². The zero-order valence-electron chi connectivity index (χ0n) is 10.2. The van der Waals surface area contributed by atoms with Gasteiger partial charge in [-0.1, -0.05) is 0 Å². The summed E-state index contributed by atoms with van der Waals surface area (Å²) < 4.78 is 42.2. The molecule has 0 spiro atoms. The third-order valence-corrected chi connectivity index (χ3v) is 2.84. The Bertz CT molecular complexity index is 782. The zero-order valence-corrected chi connectivity index (χ0v) is 11.0. The van der Waals surface area contributed by atoms with Crippen molar-refractivity contribution < 1.29 is 17.6 Å². The maximum absolute atomic E-state index is 12.5. The number of H-pyrrole nitrogens is 1. The van der Waals surface area contributed by atoms with Crippen LogP contribution in [0.25, 0.3) is 11.2 Å². The maximum Gasteiger partial charge on any atom is 0.419 e. The molecular formula is C11H7ClF3N5O. The van der Waals surface area contributed by atoms with Crippen molar-refractivity contribution >= 4 is 28.6 Å². The maximum atomic E-state index is 12.5. The number of hydrogen-bond acceptors (Lipinski definition) is 5. The number of halogens is 4. The van der Waals surface area contributed by atoms with E-state index in [1.165, 1.54) is 6.33 Å². The Morgan fingerprint density at radius 1 is 1.33 bits per heavy atom. The highest BCUT2D eigenvalue weighted by Gasteiger charge is 2.32. The molecule has 21 heavy (non-hydrogen) atoms. The van der Waals surface area contributed by atoms with Gasteiger partial charge in [0.05, 0.1) is 18.4 Å². The first-order valence-corrected chi connectivity index (χ1v) is 6.06. The Balaban J connectivity index is 1.80. The van der Waals surface area contributed by atoms with Gasteiger partial charge in [0.2, 0.25) is 5.28 Å². The van der Waals surface area contributed by atoms with E-state index < -0.39 is 11.7 Å². The highest BCUT2D eigenvalue weighted by molar-refractivity contribution is 6.28. The minimum atomic E-state index is -4.43. The van der Waals surface area contributed by atoms with Gasteiger partial charge in [0, 0.05) is 0 Å². The average molecular weight is 318 g/mol. The first kappa shape index (κ1) is 13.7. The molecule has 0 aliphatic heterocycles. The number of rotatable bonds is 3. The van der Waals surface area contributed by atoms with E-state index in [1.807, 2.05) is 0 Å². The number of aromatic nitrogens is 4. The van der Waals surface area contributed by atoms with Gasteiger partial charge in [-0.05, 0) is 17.7 Å². The van der Waals surface area contributed by atoms with Gasteiger partial charge in [-0.15, -0.1) is 0 Å². The molecule has 0 aliphatic carbocycles. The average Bonchev–Trinajstić information content (AvgIpc) is 3.03. The monoisotopic (exact) mass is 317 g/mol. The van der Waals surface area contributed by atoms with Gasteiger partial charge in [-0.2, -0.15) is 23.1 Å². The fraction of sp³-hybridized carbons (Fsp3) is 0.182. The molecule has 2 N–H and O–H groups in total. The Morgan fingerprint density at radius 3 is 2.86 bits per heavy atom. The highest BCUT2D eigenvalue weighted by atomic mass is 35.5. The summed E-state index contributed by atoms with van der Waals surface area (Å²) in [6.07, 6.45) is -2.36. The van der Waals surface area contributed by atoms with Crippen LogP contribution < -0.4 is 5.32 Å². The summed E-state index contributed by atoms with van der Waals surface area (Å²) in [5.41, 5.74) is 0.0154. The SMILES string of the molecule is FC(F)(F)c1coc(CNc2nc(Cl)nc3nc[nH]c23)c1. The lowest BCUT2D eigenvalue weighted by Gasteiger charge is -2.04. The standard InChI is InChI=1S/C11H7ClF3N5O/c12-10-19-8(7-9(20-10)18-4-17-7)16-2-6-1-5(3-21-6)11(13,14)15/h1,3-4H,2H2,(H2,16,17,18,19,20). The Kier molecular flexibility index (Phi) is 3.20. The van der Waals surface area contributed by atoms with Crippen molar-refractivity contribution in [2.24, 2.45) is 0 Å². The fourth-order valence-corrected chi connectivity index (χ4v) is 1.89. The molecular weight excluding hydrogens is 311 g/mol. The molecule has 0 atom stereocenters. The molecule has 0 aliphatic rings. The summed E-state index contributed by atoms with van der Waals surface area (Å²) in [5.74, 6) is 0.442. The Hall–Kier alpha value is -2.29. The molecule has 0 unspecified atom stereocenters. The molecule has 0 amide bonds. The van der Waals surface area contributed by atoms with E-state index >= 15 is 0 Å². The van der Waals surface area contributed by atoms with Gasteiger partial charge in [0.1, 0.15) is 17.5 Å². The number of furan rings is 1. The van der Waals surface area contributed by atoms with Gasteiger partial charge >= 0.3 is 6.18 Å². The van der Waals surface area contributed by atoms with Crippen LogP contribution in [0.3, 0.4) is 0 Å². The predicted molar refractivity (Wildman–Crippen MR) is 67.7 cm³/mol. The van der Waals surface area contributed by atoms with E-state index in [-0.39, 0.29) is 17.6 Å². The molecule has 0 radical (unpaired) electrons. The molecule has 6 nitrogen and oxygen atoms in total. The highest BCUT2D eigenvalue weighted by Crippen LogP contribution is 2.30. The number of fused-ring (bicyclic) bond motifs is 1. The third kappa shape index (κ3) is 2.77. The molecule has 3 aromatic heterocycles. The predicted octanol–water partition coefficient (Wildman–Crippen LogP) is 3.23. The van der Waals surface area contributed by atoms with E-state index in [9.17, 15) is 13.2 Å². The van der Waals surface area contributed by atoms with E-state index in [1.54, 1.807) is 0 Å². The second kappa shape index (κ2) is 4.92. The van der Waals surface area contributed by atoms with Crippen LogP contribution in [-0.2, 0) is 12.7 Å². The quantitative estimate of drug-likeness (QED) is 0.725. The summed E-state index contributed by atoms with van der Waals surface area (Å²) in [7, 11) is 0. The fourth-order valence-electron chi connectivity index (χ4n) is 1.73. The van der Waals surface area contributed by atoms with Gasteiger partial charge in [0.15, 0.2) is 11.5 Å². The lowest BCUT2D eigenvalue weighted by Crippen LogP contribution is -2.04. The van der Waals surface area contributed by atoms with Crippen molar-refractivity contribution in [1.29, 1.82) is 0 Å². The van der Waals surface area contributed by atoms with Crippen molar-refractivity contribution in [3.63, 3.8) is 0 Å². The molecule has 0 saturated carbocycles. The summed E-state index contributed by atoms with van der Waals surface area (Å²) >= 11 is 5.74. The lowest BCUT2D eigenvalue weighted by atomic mass is 10.3. The van der Waals surface area contributed by atoms with Crippen LogP contribution in [-0.4, -0.2) is 19.9 Å². The first-order chi connectivity index (χ1) is 9.93. The summed E-state index contributed by atoms with van der Waals surface area (Å²) in [6, 6.07) is 0.917. The second-order valence-corrected chi connectivity index (χ2v) is 4.43. The smallest absolute Gasteiger partial charge is 0.419 e. The molecule has 3 rings (SSSR count). The number of nitrogens with zero attached hydrogens (tertiary/aromatic N) is 3. The molecule has 10 heteroatoms. The van der Waals surface area contributed by atoms with Crippen molar-refractivity contribution in [2.75, 3.05) is 5.32 Å². The van der Waals surface area contributed by atoms with Gasteiger partial charge in [-0.3, -0.25) is 0 Å². The van der Waals surface area contributed by atoms with E-state index in [4.69, 9.17) is 16.0 Å². The van der Waals surface area contributed by atoms with Crippen LogP contribution in [0.1, 0.15) is 11.3 Å². The van der Waals surface area contributed by atoms with Crippen LogP contribution in [0, 0.1) is 0 Å². The molecule has 0 aromatic carbocycles. The third-order valence-electron chi connectivity index (χ3n) is 2.67. The first-order valence-electron chi connectivity index (χ1n) is 5.68. The summed E-state index contributed by atoms with van der Waals surface area (Å²) in [4.78, 5) is 14.6. The number of anilines is 1. The molecule has 0 fully saturated rings.